The van der Waals surface area contributed by atoms with Gasteiger partial charge in [0.15, 0.2) is 0 Å². The van der Waals surface area contributed by atoms with Crippen LogP contribution in [-0.4, -0.2) is 6.04 Å². The Morgan fingerprint density at radius 1 is 1.23 bits per heavy atom. The molecule has 68 valence electrons. The van der Waals surface area contributed by atoms with Crippen molar-refractivity contribution in [3.8, 4) is 0 Å². The third-order valence-corrected chi connectivity index (χ3v) is 3.79. The zero-order valence-electron chi connectivity index (χ0n) is 7.74. The Balaban J connectivity index is 2.01. The smallest absolute Gasteiger partial charge is 0.00790 e. The Morgan fingerprint density at radius 2 is 2.08 bits per heavy atom. The molecule has 2 aliphatic carbocycles. The van der Waals surface area contributed by atoms with Gasteiger partial charge in [-0.25, -0.2) is 0 Å². The van der Waals surface area contributed by atoms with E-state index in [2.05, 4.69) is 24.3 Å². The maximum Gasteiger partial charge on any atom is 0.00790 e. The van der Waals surface area contributed by atoms with Crippen molar-refractivity contribution in [2.24, 2.45) is 11.7 Å². The van der Waals surface area contributed by atoms with Gasteiger partial charge >= 0.3 is 0 Å². The fraction of sp³-hybridized carbons (Fsp3) is 0.500. The van der Waals surface area contributed by atoms with Gasteiger partial charge in [-0.05, 0) is 42.2 Å². The number of nitrogens with two attached hydrogens (primary N) is 1. The lowest BCUT2D eigenvalue weighted by molar-refractivity contribution is 0.179. The van der Waals surface area contributed by atoms with Crippen LogP contribution in [0.15, 0.2) is 24.3 Å². The largest absolute Gasteiger partial charge is 0.327 e. The van der Waals surface area contributed by atoms with Crippen LogP contribution in [-0.2, 0) is 6.42 Å². The first kappa shape index (κ1) is 7.57. The molecule has 2 N–H and O–H groups in total. The molecule has 3 unspecified atom stereocenters. The number of hydrogen-bond donors (Lipinski definition) is 1. The molecular formula is C12H15N. The Hall–Kier alpha value is -0.820. The Bertz CT molecular complexity index is 332. The summed E-state index contributed by atoms with van der Waals surface area (Å²) in [7, 11) is 0. The maximum atomic E-state index is 5.99. The summed E-state index contributed by atoms with van der Waals surface area (Å²) in [6.07, 6.45) is 3.76. The SMILES string of the molecule is NC1CC2c3ccccc3CCC12. The summed E-state index contributed by atoms with van der Waals surface area (Å²) in [6.45, 7) is 0. The van der Waals surface area contributed by atoms with Gasteiger partial charge in [-0.2, -0.15) is 0 Å². The molecule has 3 rings (SSSR count). The highest BCUT2D eigenvalue weighted by Gasteiger charge is 2.42. The average molecular weight is 173 g/mol. The fourth-order valence-electron chi connectivity index (χ4n) is 2.96. The van der Waals surface area contributed by atoms with Gasteiger partial charge in [0, 0.05) is 6.04 Å². The lowest BCUT2D eigenvalue weighted by Gasteiger charge is -2.47. The predicted molar refractivity (Wildman–Crippen MR) is 53.6 cm³/mol. The van der Waals surface area contributed by atoms with Crippen molar-refractivity contribution in [1.82, 2.24) is 0 Å². The lowest BCUT2D eigenvalue weighted by Crippen LogP contribution is -2.47. The Labute approximate surface area is 78.9 Å². The summed E-state index contributed by atoms with van der Waals surface area (Å²) in [4.78, 5) is 0. The van der Waals surface area contributed by atoms with Gasteiger partial charge in [0.05, 0.1) is 0 Å². The minimum Gasteiger partial charge on any atom is -0.327 e. The summed E-state index contributed by atoms with van der Waals surface area (Å²) < 4.78 is 0. The fourth-order valence-corrected chi connectivity index (χ4v) is 2.96. The molecule has 1 saturated carbocycles. The number of fused-ring (bicyclic) bond motifs is 3. The van der Waals surface area contributed by atoms with E-state index in [1.807, 2.05) is 0 Å². The highest BCUT2D eigenvalue weighted by molar-refractivity contribution is 5.36. The van der Waals surface area contributed by atoms with E-state index < -0.39 is 0 Å². The second-order valence-electron chi connectivity index (χ2n) is 4.41. The summed E-state index contributed by atoms with van der Waals surface area (Å²) in [5.41, 5.74) is 9.14. The molecule has 2 aliphatic rings. The van der Waals surface area contributed by atoms with E-state index >= 15 is 0 Å². The third kappa shape index (κ3) is 0.969. The van der Waals surface area contributed by atoms with Gasteiger partial charge in [0.1, 0.15) is 0 Å². The number of aryl methyl sites for hydroxylation is 1. The first-order chi connectivity index (χ1) is 6.36. The molecule has 0 bridgehead atoms. The molecule has 1 heteroatoms. The Kier molecular flexibility index (Phi) is 1.50. The topological polar surface area (TPSA) is 26.0 Å². The average Bonchev–Trinajstić information content (AvgIpc) is 2.16. The molecule has 1 aromatic carbocycles. The summed E-state index contributed by atoms with van der Waals surface area (Å²) in [6, 6.07) is 9.36. The van der Waals surface area contributed by atoms with Crippen LogP contribution in [0, 0.1) is 5.92 Å². The van der Waals surface area contributed by atoms with Gasteiger partial charge in [-0.15, -0.1) is 0 Å². The van der Waals surface area contributed by atoms with Gasteiger partial charge in [0.2, 0.25) is 0 Å². The highest BCUT2D eigenvalue weighted by Crippen LogP contribution is 2.48. The van der Waals surface area contributed by atoms with Crippen molar-refractivity contribution in [2.75, 3.05) is 0 Å². The standard InChI is InChI=1S/C12H15N/c13-12-7-11-9-4-2-1-3-8(9)5-6-10(11)12/h1-4,10-12H,5-7,13H2. The quantitative estimate of drug-likeness (QED) is 0.638. The molecule has 3 atom stereocenters. The molecular weight excluding hydrogens is 158 g/mol. The first-order valence-electron chi connectivity index (χ1n) is 5.19. The lowest BCUT2D eigenvalue weighted by atomic mass is 9.60. The highest BCUT2D eigenvalue weighted by atomic mass is 14.7. The molecule has 0 saturated heterocycles. The van der Waals surface area contributed by atoms with Gasteiger partial charge in [0.25, 0.3) is 0 Å². The van der Waals surface area contributed by atoms with E-state index in [4.69, 9.17) is 5.73 Å². The normalized spacial score (nSPS) is 35.9. The summed E-state index contributed by atoms with van der Waals surface area (Å²) in [5.74, 6) is 1.58. The van der Waals surface area contributed by atoms with E-state index in [9.17, 15) is 0 Å². The minimum absolute atomic E-state index is 0.485. The van der Waals surface area contributed by atoms with Gasteiger partial charge < -0.3 is 5.73 Å². The van der Waals surface area contributed by atoms with Crippen LogP contribution < -0.4 is 5.73 Å². The number of hydrogen-bond acceptors (Lipinski definition) is 1. The number of benzene rings is 1. The van der Waals surface area contributed by atoms with Crippen molar-refractivity contribution in [3.05, 3.63) is 35.4 Å². The van der Waals surface area contributed by atoms with Gasteiger partial charge in [-0.3, -0.25) is 0 Å². The van der Waals surface area contributed by atoms with Gasteiger partial charge in [-0.1, -0.05) is 24.3 Å². The van der Waals surface area contributed by atoms with Crippen LogP contribution in [0.5, 0.6) is 0 Å². The molecule has 0 amide bonds. The van der Waals surface area contributed by atoms with Crippen LogP contribution in [0.3, 0.4) is 0 Å². The van der Waals surface area contributed by atoms with Crippen LogP contribution in [0.4, 0.5) is 0 Å². The van der Waals surface area contributed by atoms with Crippen LogP contribution in [0.2, 0.25) is 0 Å². The van der Waals surface area contributed by atoms with Crippen molar-refractivity contribution < 1.29 is 0 Å². The van der Waals surface area contributed by atoms with Crippen molar-refractivity contribution in [2.45, 2.75) is 31.2 Å². The van der Waals surface area contributed by atoms with E-state index in [0.29, 0.717) is 6.04 Å². The minimum atomic E-state index is 0.485. The van der Waals surface area contributed by atoms with Crippen molar-refractivity contribution >= 4 is 0 Å². The molecule has 0 spiro atoms. The molecule has 0 radical (unpaired) electrons. The molecule has 1 nitrogen and oxygen atoms in total. The summed E-state index contributed by atoms with van der Waals surface area (Å²) in [5, 5.41) is 0. The van der Waals surface area contributed by atoms with Crippen LogP contribution in [0.1, 0.15) is 29.9 Å². The van der Waals surface area contributed by atoms with E-state index in [1.165, 1.54) is 19.3 Å². The molecule has 0 aliphatic heterocycles. The zero-order valence-corrected chi connectivity index (χ0v) is 7.74. The second-order valence-corrected chi connectivity index (χ2v) is 4.41. The van der Waals surface area contributed by atoms with Crippen molar-refractivity contribution in [1.29, 1.82) is 0 Å². The van der Waals surface area contributed by atoms with E-state index in [-0.39, 0.29) is 0 Å². The third-order valence-electron chi connectivity index (χ3n) is 3.79. The monoisotopic (exact) mass is 173 g/mol. The molecule has 1 fully saturated rings. The second kappa shape index (κ2) is 2.58. The predicted octanol–water partition coefficient (Wildman–Crippen LogP) is 2.06. The Morgan fingerprint density at radius 3 is 2.92 bits per heavy atom. The maximum absolute atomic E-state index is 5.99. The molecule has 0 heterocycles. The van der Waals surface area contributed by atoms with Crippen LogP contribution in [0.25, 0.3) is 0 Å². The first-order valence-corrected chi connectivity index (χ1v) is 5.19. The molecule has 13 heavy (non-hydrogen) atoms. The van der Waals surface area contributed by atoms with E-state index in [0.717, 1.165) is 11.8 Å². The zero-order chi connectivity index (χ0) is 8.84. The molecule has 0 aromatic heterocycles. The van der Waals surface area contributed by atoms with E-state index in [1.54, 1.807) is 11.1 Å². The summed E-state index contributed by atoms with van der Waals surface area (Å²) >= 11 is 0. The molecule has 1 aromatic rings. The number of rotatable bonds is 0. The van der Waals surface area contributed by atoms with Crippen LogP contribution >= 0.6 is 0 Å². The van der Waals surface area contributed by atoms with Crippen molar-refractivity contribution in [3.63, 3.8) is 0 Å².